The van der Waals surface area contributed by atoms with E-state index in [9.17, 15) is 9.59 Å². The van der Waals surface area contributed by atoms with Crippen molar-refractivity contribution in [3.05, 3.63) is 65.5 Å². The quantitative estimate of drug-likeness (QED) is 0.465. The molecule has 4 N–H and O–H groups in total. The first-order chi connectivity index (χ1) is 13.1. The molecule has 0 bridgehead atoms. The molecule has 0 aliphatic rings. The largest absolute Gasteiger partial charge is 0.351 e. The van der Waals surface area contributed by atoms with Crippen LogP contribution in [0.25, 0.3) is 20.1 Å². The number of thiophene rings is 1. The van der Waals surface area contributed by atoms with Crippen LogP contribution in [0.4, 0.5) is 16.2 Å². The Bertz CT molecular complexity index is 1120. The number of hydrogen-bond donors (Lipinski definition) is 3. The molecule has 0 atom stereocenters. The highest BCUT2D eigenvalue weighted by Crippen LogP contribution is 2.34. The number of nitrogens with one attached hydrogen (secondary N) is 2. The number of rotatable bonds is 4. The van der Waals surface area contributed by atoms with Gasteiger partial charge in [-0.25, -0.2) is 9.78 Å². The number of hydrogen-bond acceptors (Lipinski definition) is 5. The molecule has 0 fully saturated rings. The molecule has 0 radical (unpaired) electrons. The van der Waals surface area contributed by atoms with Gasteiger partial charge in [-0.05, 0) is 42.5 Å². The maximum atomic E-state index is 12.5. The minimum atomic E-state index is -0.655. The van der Waals surface area contributed by atoms with E-state index in [2.05, 4.69) is 15.6 Å². The van der Waals surface area contributed by atoms with Gasteiger partial charge < -0.3 is 16.4 Å². The fourth-order valence-electron chi connectivity index (χ4n) is 2.56. The Hall–Kier alpha value is -3.23. The Morgan fingerprint density at radius 3 is 2.44 bits per heavy atom. The van der Waals surface area contributed by atoms with Crippen molar-refractivity contribution >= 4 is 56.2 Å². The number of para-hydroxylation sites is 1. The average molecular weight is 394 g/mol. The summed E-state index contributed by atoms with van der Waals surface area (Å²) in [4.78, 5) is 29.6. The lowest BCUT2D eigenvalue weighted by molar-refractivity contribution is 0.103. The highest BCUT2D eigenvalue weighted by atomic mass is 32.1. The van der Waals surface area contributed by atoms with Crippen molar-refractivity contribution in [3.63, 3.8) is 0 Å². The Balaban J connectivity index is 1.52. The number of carbonyl (C=O) groups excluding carboxylic acids is 2. The first kappa shape index (κ1) is 17.2. The lowest BCUT2D eigenvalue weighted by Crippen LogP contribution is -2.19. The van der Waals surface area contributed by atoms with Crippen LogP contribution in [-0.4, -0.2) is 16.9 Å². The SMILES string of the molecule is NC(=O)Nc1cccc(NC(=O)c2ccc(-c3nc4ccccc4s3)s2)c1. The number of anilines is 2. The third-order valence-electron chi connectivity index (χ3n) is 3.72. The number of thiazole rings is 1. The van der Waals surface area contributed by atoms with E-state index in [1.54, 1.807) is 41.7 Å². The second-order valence-corrected chi connectivity index (χ2v) is 7.79. The lowest BCUT2D eigenvalue weighted by Gasteiger charge is -2.06. The molecule has 134 valence electrons. The number of urea groups is 1. The highest BCUT2D eigenvalue weighted by Gasteiger charge is 2.13. The highest BCUT2D eigenvalue weighted by molar-refractivity contribution is 7.26. The summed E-state index contributed by atoms with van der Waals surface area (Å²) in [7, 11) is 0. The number of amides is 3. The Morgan fingerprint density at radius 2 is 1.67 bits per heavy atom. The van der Waals surface area contributed by atoms with Crippen LogP contribution >= 0.6 is 22.7 Å². The summed E-state index contributed by atoms with van der Waals surface area (Å²) in [6, 6.07) is 17.8. The lowest BCUT2D eigenvalue weighted by atomic mass is 10.2. The normalized spacial score (nSPS) is 10.7. The molecule has 2 aromatic heterocycles. The second kappa shape index (κ2) is 7.18. The van der Waals surface area contributed by atoms with Crippen molar-refractivity contribution in [1.82, 2.24) is 4.98 Å². The van der Waals surface area contributed by atoms with Crippen molar-refractivity contribution < 1.29 is 9.59 Å². The van der Waals surface area contributed by atoms with Gasteiger partial charge in [0.25, 0.3) is 5.91 Å². The van der Waals surface area contributed by atoms with Gasteiger partial charge in [0.2, 0.25) is 0 Å². The van der Waals surface area contributed by atoms with Crippen molar-refractivity contribution in [2.75, 3.05) is 10.6 Å². The van der Waals surface area contributed by atoms with E-state index in [1.807, 2.05) is 30.3 Å². The van der Waals surface area contributed by atoms with E-state index in [4.69, 9.17) is 5.73 Å². The Morgan fingerprint density at radius 1 is 0.889 bits per heavy atom. The van der Waals surface area contributed by atoms with Gasteiger partial charge in [0, 0.05) is 11.4 Å². The summed E-state index contributed by atoms with van der Waals surface area (Å²) < 4.78 is 1.12. The third kappa shape index (κ3) is 3.81. The number of aromatic nitrogens is 1. The van der Waals surface area contributed by atoms with Gasteiger partial charge in [0.15, 0.2) is 0 Å². The summed E-state index contributed by atoms with van der Waals surface area (Å²) in [6.07, 6.45) is 0. The Kier molecular flexibility index (Phi) is 4.57. The van der Waals surface area contributed by atoms with Crippen molar-refractivity contribution in [2.45, 2.75) is 0 Å². The summed E-state index contributed by atoms with van der Waals surface area (Å²) in [6.45, 7) is 0. The van der Waals surface area contributed by atoms with E-state index < -0.39 is 6.03 Å². The first-order valence-corrected chi connectivity index (χ1v) is 9.65. The molecular weight excluding hydrogens is 380 g/mol. The molecule has 3 amide bonds. The summed E-state index contributed by atoms with van der Waals surface area (Å²) in [5.74, 6) is -0.219. The van der Waals surface area contributed by atoms with Gasteiger partial charge in [-0.2, -0.15) is 0 Å². The molecule has 27 heavy (non-hydrogen) atoms. The van der Waals surface area contributed by atoms with Crippen LogP contribution in [0.5, 0.6) is 0 Å². The van der Waals surface area contributed by atoms with Crippen LogP contribution < -0.4 is 16.4 Å². The van der Waals surface area contributed by atoms with Crippen LogP contribution in [0, 0.1) is 0 Å². The van der Waals surface area contributed by atoms with Gasteiger partial charge in [-0.15, -0.1) is 22.7 Å². The van der Waals surface area contributed by atoms with Crippen LogP contribution in [0.1, 0.15) is 9.67 Å². The van der Waals surface area contributed by atoms with Crippen molar-refractivity contribution in [3.8, 4) is 9.88 Å². The van der Waals surface area contributed by atoms with Crippen molar-refractivity contribution in [2.24, 2.45) is 5.73 Å². The summed E-state index contributed by atoms with van der Waals surface area (Å²) in [5, 5.41) is 6.20. The van der Waals surface area contributed by atoms with E-state index >= 15 is 0 Å². The summed E-state index contributed by atoms with van der Waals surface area (Å²) in [5.41, 5.74) is 7.15. The number of carbonyl (C=O) groups is 2. The zero-order chi connectivity index (χ0) is 18.8. The molecule has 0 spiro atoms. The fraction of sp³-hybridized carbons (Fsp3) is 0. The number of nitrogens with zero attached hydrogens (tertiary/aromatic N) is 1. The van der Waals surface area contributed by atoms with E-state index in [0.29, 0.717) is 16.3 Å². The van der Waals surface area contributed by atoms with Gasteiger partial charge >= 0.3 is 6.03 Å². The smallest absolute Gasteiger partial charge is 0.316 e. The molecule has 0 saturated heterocycles. The molecule has 2 heterocycles. The number of primary amides is 1. The molecule has 8 heteroatoms. The average Bonchev–Trinajstić information content (AvgIpc) is 3.28. The number of fused-ring (bicyclic) bond motifs is 1. The Labute approximate surface area is 162 Å². The molecule has 0 saturated carbocycles. The van der Waals surface area contributed by atoms with Crippen LogP contribution in [0.3, 0.4) is 0 Å². The van der Waals surface area contributed by atoms with E-state index in [0.717, 1.165) is 20.1 Å². The van der Waals surface area contributed by atoms with Gasteiger partial charge in [0.05, 0.1) is 20.0 Å². The minimum absolute atomic E-state index is 0.219. The standard InChI is InChI=1S/C19H14N4O2S2/c20-19(25)22-12-5-3-4-11(10-12)21-17(24)15-8-9-16(26-15)18-23-13-6-1-2-7-14(13)27-18/h1-10H,(H,21,24)(H3,20,22,25). The van der Waals surface area contributed by atoms with Crippen molar-refractivity contribution in [1.29, 1.82) is 0 Å². The van der Waals surface area contributed by atoms with Gasteiger partial charge in [-0.3, -0.25) is 4.79 Å². The molecule has 0 aliphatic heterocycles. The maximum absolute atomic E-state index is 12.5. The zero-order valence-electron chi connectivity index (χ0n) is 13.9. The van der Waals surface area contributed by atoms with Crippen LogP contribution in [-0.2, 0) is 0 Å². The minimum Gasteiger partial charge on any atom is -0.351 e. The molecule has 4 rings (SSSR count). The predicted octanol–water partition coefficient (Wildman–Crippen LogP) is 4.77. The molecule has 2 aromatic carbocycles. The van der Waals surface area contributed by atoms with E-state index in [1.165, 1.54) is 11.3 Å². The molecular formula is C19H14N4O2S2. The van der Waals surface area contributed by atoms with Crippen LogP contribution in [0.2, 0.25) is 0 Å². The van der Waals surface area contributed by atoms with E-state index in [-0.39, 0.29) is 5.91 Å². The molecule has 6 nitrogen and oxygen atoms in total. The molecule has 4 aromatic rings. The molecule has 0 aliphatic carbocycles. The van der Waals surface area contributed by atoms with Crippen LogP contribution in [0.15, 0.2) is 60.7 Å². The zero-order valence-corrected chi connectivity index (χ0v) is 15.6. The maximum Gasteiger partial charge on any atom is 0.316 e. The van der Waals surface area contributed by atoms with Gasteiger partial charge in [0.1, 0.15) is 5.01 Å². The van der Waals surface area contributed by atoms with Gasteiger partial charge in [-0.1, -0.05) is 18.2 Å². The number of nitrogens with two attached hydrogens (primary N) is 1. The third-order valence-corrected chi connectivity index (χ3v) is 6.01. The topological polar surface area (TPSA) is 97.1 Å². The number of benzene rings is 2. The predicted molar refractivity (Wildman–Crippen MR) is 111 cm³/mol. The first-order valence-electron chi connectivity index (χ1n) is 8.02. The molecule has 0 unspecified atom stereocenters. The summed E-state index contributed by atoms with van der Waals surface area (Å²) >= 11 is 2.99. The monoisotopic (exact) mass is 394 g/mol. The fourth-order valence-corrected chi connectivity index (χ4v) is 4.48. The second-order valence-electron chi connectivity index (χ2n) is 5.67.